The lowest BCUT2D eigenvalue weighted by molar-refractivity contribution is -0.122. The van der Waals surface area contributed by atoms with E-state index in [4.69, 9.17) is 0 Å². The molecule has 0 saturated carbocycles. The number of likely N-dealkylation sites (N-methyl/N-ethyl adjacent to an activating group) is 1. The number of hydrogen-bond donors (Lipinski definition) is 1. The highest BCUT2D eigenvalue weighted by atomic mass is 16.1. The minimum atomic E-state index is 0.140. The van der Waals surface area contributed by atoms with Crippen LogP contribution in [0.2, 0.25) is 0 Å². The quantitative estimate of drug-likeness (QED) is 0.861. The Morgan fingerprint density at radius 3 is 3.00 bits per heavy atom. The smallest absolute Gasteiger partial charge is 0.221 e. The molecule has 3 heteroatoms. The van der Waals surface area contributed by atoms with E-state index in [-0.39, 0.29) is 11.9 Å². The first-order valence-electron chi connectivity index (χ1n) is 6.27. The maximum absolute atomic E-state index is 11.7. The molecule has 1 amide bonds. The fourth-order valence-electron chi connectivity index (χ4n) is 2.49. The van der Waals surface area contributed by atoms with Crippen LogP contribution in [-0.2, 0) is 11.2 Å². The highest BCUT2D eigenvalue weighted by Gasteiger charge is 2.26. The molecule has 0 aliphatic carbocycles. The number of carbonyl (C=O) groups excluding carboxylic acids is 1. The van der Waals surface area contributed by atoms with Gasteiger partial charge in [0.1, 0.15) is 0 Å². The van der Waals surface area contributed by atoms with E-state index in [0.717, 1.165) is 13.0 Å². The summed E-state index contributed by atoms with van der Waals surface area (Å²) in [4.78, 5) is 14.0. The van der Waals surface area contributed by atoms with Crippen molar-refractivity contribution in [3.05, 3.63) is 35.4 Å². The number of carbonyl (C=O) groups is 1. The van der Waals surface area contributed by atoms with Crippen molar-refractivity contribution in [3.63, 3.8) is 0 Å². The summed E-state index contributed by atoms with van der Waals surface area (Å²) in [6, 6.07) is 8.68. The number of amides is 1. The van der Waals surface area contributed by atoms with Gasteiger partial charge in [0.2, 0.25) is 5.91 Å². The number of rotatable bonds is 3. The van der Waals surface area contributed by atoms with Gasteiger partial charge < -0.3 is 5.32 Å². The number of fused-ring (bicyclic) bond motifs is 1. The van der Waals surface area contributed by atoms with Crippen molar-refractivity contribution in [1.82, 2.24) is 10.2 Å². The Morgan fingerprint density at radius 1 is 1.47 bits per heavy atom. The first-order chi connectivity index (χ1) is 8.22. The molecule has 92 valence electrons. The maximum Gasteiger partial charge on any atom is 0.221 e. The monoisotopic (exact) mass is 232 g/mol. The van der Waals surface area contributed by atoms with E-state index in [1.807, 2.05) is 6.92 Å². The fourth-order valence-corrected chi connectivity index (χ4v) is 2.49. The summed E-state index contributed by atoms with van der Waals surface area (Å²) >= 11 is 0. The fraction of sp³-hybridized carbons (Fsp3) is 0.500. The van der Waals surface area contributed by atoms with Crippen LogP contribution in [0.15, 0.2) is 24.3 Å². The van der Waals surface area contributed by atoms with Crippen molar-refractivity contribution in [3.8, 4) is 0 Å². The second-order valence-electron chi connectivity index (χ2n) is 4.60. The average molecular weight is 232 g/mol. The molecule has 0 spiro atoms. The molecule has 1 unspecified atom stereocenters. The third-order valence-corrected chi connectivity index (χ3v) is 3.43. The van der Waals surface area contributed by atoms with Gasteiger partial charge in [-0.25, -0.2) is 0 Å². The molecule has 3 nitrogen and oxygen atoms in total. The summed E-state index contributed by atoms with van der Waals surface area (Å²) in [5.41, 5.74) is 2.70. The molecule has 0 saturated heterocycles. The largest absolute Gasteiger partial charge is 0.356 e. The third kappa shape index (κ3) is 2.67. The molecule has 1 N–H and O–H groups in total. The van der Waals surface area contributed by atoms with E-state index in [1.165, 1.54) is 11.1 Å². The number of benzene rings is 1. The van der Waals surface area contributed by atoms with Crippen LogP contribution in [0.5, 0.6) is 0 Å². The molecule has 1 heterocycles. The van der Waals surface area contributed by atoms with Crippen LogP contribution in [0.1, 0.15) is 30.5 Å². The van der Waals surface area contributed by atoms with Gasteiger partial charge in [0.05, 0.1) is 0 Å². The van der Waals surface area contributed by atoms with Crippen molar-refractivity contribution < 1.29 is 4.79 Å². The molecule has 1 aromatic rings. The summed E-state index contributed by atoms with van der Waals surface area (Å²) in [6.07, 6.45) is 1.64. The van der Waals surface area contributed by atoms with Crippen LogP contribution in [0.4, 0.5) is 0 Å². The van der Waals surface area contributed by atoms with Gasteiger partial charge >= 0.3 is 0 Å². The summed E-state index contributed by atoms with van der Waals surface area (Å²) in [7, 11) is 2.10. The summed E-state index contributed by atoms with van der Waals surface area (Å²) in [6.45, 7) is 3.69. The van der Waals surface area contributed by atoms with E-state index in [0.29, 0.717) is 13.0 Å². The average Bonchev–Trinajstić information content (AvgIpc) is 2.33. The maximum atomic E-state index is 11.7. The molecule has 0 aromatic heterocycles. The lowest BCUT2D eigenvalue weighted by Crippen LogP contribution is -2.36. The van der Waals surface area contributed by atoms with Crippen molar-refractivity contribution in [2.75, 3.05) is 20.1 Å². The van der Waals surface area contributed by atoms with E-state index >= 15 is 0 Å². The van der Waals surface area contributed by atoms with E-state index in [9.17, 15) is 4.79 Å². The first-order valence-corrected chi connectivity index (χ1v) is 6.27. The summed E-state index contributed by atoms with van der Waals surface area (Å²) in [5.74, 6) is 0.140. The van der Waals surface area contributed by atoms with Crippen LogP contribution >= 0.6 is 0 Å². The zero-order valence-electron chi connectivity index (χ0n) is 10.6. The highest BCUT2D eigenvalue weighted by molar-refractivity contribution is 5.76. The van der Waals surface area contributed by atoms with Crippen LogP contribution in [0, 0.1) is 0 Å². The molecule has 1 aliphatic heterocycles. The predicted octanol–water partition coefficient (Wildman–Crippen LogP) is 1.74. The molecule has 17 heavy (non-hydrogen) atoms. The van der Waals surface area contributed by atoms with Gasteiger partial charge in [0, 0.05) is 25.6 Å². The van der Waals surface area contributed by atoms with Gasteiger partial charge in [0.15, 0.2) is 0 Å². The third-order valence-electron chi connectivity index (χ3n) is 3.43. The second-order valence-corrected chi connectivity index (χ2v) is 4.60. The SMILES string of the molecule is CCNC(=O)CC1c2ccccc2CCN1C. The van der Waals surface area contributed by atoms with Crippen molar-refractivity contribution in [2.24, 2.45) is 0 Å². The summed E-state index contributed by atoms with van der Waals surface area (Å²) < 4.78 is 0. The second kappa shape index (κ2) is 5.32. The zero-order chi connectivity index (χ0) is 12.3. The van der Waals surface area contributed by atoms with Gasteiger partial charge in [-0.3, -0.25) is 9.69 Å². The Hall–Kier alpha value is -1.35. The number of nitrogens with zero attached hydrogens (tertiary/aromatic N) is 1. The molecule has 0 bridgehead atoms. The van der Waals surface area contributed by atoms with Crippen molar-refractivity contribution in [1.29, 1.82) is 0 Å². The Bertz CT molecular complexity index is 403. The van der Waals surface area contributed by atoms with Crippen LogP contribution in [0.3, 0.4) is 0 Å². The molecule has 2 rings (SSSR count). The highest BCUT2D eigenvalue weighted by Crippen LogP contribution is 2.30. The zero-order valence-corrected chi connectivity index (χ0v) is 10.6. The standard InChI is InChI=1S/C14H20N2O/c1-3-15-14(17)10-13-12-7-5-4-6-11(12)8-9-16(13)2/h4-7,13H,3,8-10H2,1-2H3,(H,15,17). The Kier molecular flexibility index (Phi) is 3.79. The van der Waals surface area contributed by atoms with E-state index in [1.54, 1.807) is 0 Å². The molecule has 0 fully saturated rings. The Morgan fingerprint density at radius 2 is 2.24 bits per heavy atom. The van der Waals surface area contributed by atoms with Crippen molar-refractivity contribution >= 4 is 5.91 Å². The predicted molar refractivity (Wildman–Crippen MR) is 68.8 cm³/mol. The van der Waals surface area contributed by atoms with Gasteiger partial charge in [-0.15, -0.1) is 0 Å². The molecular formula is C14H20N2O. The topological polar surface area (TPSA) is 32.3 Å². The van der Waals surface area contributed by atoms with Gasteiger partial charge in [-0.05, 0) is 31.5 Å². The molecule has 1 atom stereocenters. The Balaban J connectivity index is 2.18. The Labute approximate surface area is 103 Å². The normalized spacial score (nSPS) is 19.8. The van der Waals surface area contributed by atoms with Crippen LogP contribution in [-0.4, -0.2) is 30.9 Å². The van der Waals surface area contributed by atoms with Crippen LogP contribution < -0.4 is 5.32 Å². The lowest BCUT2D eigenvalue weighted by atomic mass is 9.91. The van der Waals surface area contributed by atoms with E-state index < -0.39 is 0 Å². The molecular weight excluding hydrogens is 212 g/mol. The van der Waals surface area contributed by atoms with Crippen molar-refractivity contribution in [2.45, 2.75) is 25.8 Å². The first kappa shape index (κ1) is 12.1. The summed E-state index contributed by atoms with van der Waals surface area (Å²) in [5, 5.41) is 2.88. The van der Waals surface area contributed by atoms with Gasteiger partial charge in [-0.2, -0.15) is 0 Å². The molecule has 1 aromatic carbocycles. The van der Waals surface area contributed by atoms with Crippen LogP contribution in [0.25, 0.3) is 0 Å². The van der Waals surface area contributed by atoms with E-state index in [2.05, 4.69) is 41.5 Å². The minimum Gasteiger partial charge on any atom is -0.356 e. The van der Waals surface area contributed by atoms with Gasteiger partial charge in [-0.1, -0.05) is 24.3 Å². The molecule has 1 aliphatic rings. The molecule has 0 radical (unpaired) electrons. The lowest BCUT2D eigenvalue weighted by Gasteiger charge is -2.34. The number of nitrogens with one attached hydrogen (secondary N) is 1. The minimum absolute atomic E-state index is 0.140. The van der Waals surface area contributed by atoms with Gasteiger partial charge in [0.25, 0.3) is 0 Å². The number of hydrogen-bond acceptors (Lipinski definition) is 2.